The normalized spacial score (nSPS) is 10.6. The van der Waals surface area contributed by atoms with Crippen molar-refractivity contribution in [3.05, 3.63) is 41.7 Å². The Kier molecular flexibility index (Phi) is 5.21. The molecule has 2 rings (SSSR count). The van der Waals surface area contributed by atoms with E-state index in [2.05, 4.69) is 10.2 Å². The molecule has 1 heterocycles. The van der Waals surface area contributed by atoms with Crippen molar-refractivity contribution in [2.75, 3.05) is 18.1 Å². The van der Waals surface area contributed by atoms with Gasteiger partial charge in [0.2, 0.25) is 11.1 Å². The van der Waals surface area contributed by atoms with Gasteiger partial charge in [-0.05, 0) is 19.4 Å². The Morgan fingerprint density at radius 2 is 2.05 bits per heavy atom. The highest BCUT2D eigenvalue weighted by atomic mass is 32.2. The van der Waals surface area contributed by atoms with Gasteiger partial charge >= 0.3 is 0 Å². The highest BCUT2D eigenvalue weighted by Gasteiger charge is 2.15. The Morgan fingerprint density at radius 1 is 1.33 bits per heavy atom. The summed E-state index contributed by atoms with van der Waals surface area (Å²) >= 11 is 1.30. The molecule has 1 amide bonds. The van der Waals surface area contributed by atoms with Gasteiger partial charge in [0.1, 0.15) is 5.82 Å². The highest BCUT2D eigenvalue weighted by Crippen LogP contribution is 2.15. The van der Waals surface area contributed by atoms with Crippen molar-refractivity contribution in [1.29, 1.82) is 0 Å². The van der Waals surface area contributed by atoms with Gasteiger partial charge in [-0.1, -0.05) is 42.1 Å². The molecule has 0 aliphatic carbocycles. The van der Waals surface area contributed by atoms with E-state index in [4.69, 9.17) is 5.84 Å². The fraction of sp³-hybridized carbons (Fsp3) is 0.357. The minimum Gasteiger partial charge on any atom is -0.338 e. The van der Waals surface area contributed by atoms with Gasteiger partial charge in [-0.2, -0.15) is 0 Å². The van der Waals surface area contributed by atoms with E-state index >= 15 is 0 Å². The average molecular weight is 305 g/mol. The van der Waals surface area contributed by atoms with Gasteiger partial charge in [0, 0.05) is 13.1 Å². The van der Waals surface area contributed by atoms with E-state index in [0.717, 1.165) is 5.56 Å². The Labute approximate surface area is 128 Å². The summed E-state index contributed by atoms with van der Waals surface area (Å²) in [6, 6.07) is 9.95. The number of nitrogen functional groups attached to an aromatic ring is 1. The Hall–Kier alpha value is -2.02. The number of nitrogens with zero attached hydrogens (tertiary/aromatic N) is 4. The van der Waals surface area contributed by atoms with Crippen LogP contribution in [0.2, 0.25) is 0 Å². The number of carbonyl (C=O) groups excluding carboxylic acids is 1. The zero-order valence-corrected chi connectivity index (χ0v) is 13.0. The Balaban J connectivity index is 1.93. The van der Waals surface area contributed by atoms with Crippen LogP contribution in [0.1, 0.15) is 18.3 Å². The van der Waals surface area contributed by atoms with Crippen LogP contribution in [0, 0.1) is 6.92 Å². The maximum Gasteiger partial charge on any atom is 0.233 e. The molecule has 0 unspecified atom stereocenters. The molecule has 0 spiro atoms. The predicted molar refractivity (Wildman–Crippen MR) is 83.2 cm³/mol. The van der Waals surface area contributed by atoms with Gasteiger partial charge in [0.25, 0.3) is 0 Å². The minimum absolute atomic E-state index is 0.0620. The van der Waals surface area contributed by atoms with Crippen molar-refractivity contribution in [3.63, 3.8) is 0 Å². The van der Waals surface area contributed by atoms with Gasteiger partial charge < -0.3 is 10.7 Å². The molecule has 0 radical (unpaired) electrons. The summed E-state index contributed by atoms with van der Waals surface area (Å²) in [5.41, 5.74) is 1.12. The molecule has 0 saturated carbocycles. The number of aryl methyl sites for hydroxylation is 1. The van der Waals surface area contributed by atoms with Crippen molar-refractivity contribution in [1.82, 2.24) is 19.8 Å². The third-order valence-electron chi connectivity index (χ3n) is 3.11. The zero-order valence-electron chi connectivity index (χ0n) is 12.2. The average Bonchev–Trinajstić information content (AvgIpc) is 2.83. The largest absolute Gasteiger partial charge is 0.338 e. The molecular formula is C14H19N5OS. The molecule has 112 valence electrons. The van der Waals surface area contributed by atoms with Gasteiger partial charge in [-0.3, -0.25) is 4.79 Å². The van der Waals surface area contributed by atoms with Crippen molar-refractivity contribution in [2.24, 2.45) is 0 Å². The summed E-state index contributed by atoms with van der Waals surface area (Å²) < 4.78 is 1.39. The Bertz CT molecular complexity index is 599. The smallest absolute Gasteiger partial charge is 0.233 e. The zero-order chi connectivity index (χ0) is 15.2. The first-order valence-corrected chi connectivity index (χ1v) is 7.72. The van der Waals surface area contributed by atoms with Crippen molar-refractivity contribution in [3.8, 4) is 0 Å². The topological polar surface area (TPSA) is 77.0 Å². The van der Waals surface area contributed by atoms with Gasteiger partial charge in [0.05, 0.1) is 5.75 Å². The number of rotatable bonds is 6. The van der Waals surface area contributed by atoms with E-state index in [-0.39, 0.29) is 5.91 Å². The van der Waals surface area contributed by atoms with Crippen LogP contribution in [0.25, 0.3) is 0 Å². The number of nitrogens with two attached hydrogens (primary N) is 1. The number of aromatic nitrogens is 3. The number of thioether (sulfide) groups is 1. The van der Waals surface area contributed by atoms with Crippen LogP contribution in [0.5, 0.6) is 0 Å². The molecule has 2 N–H and O–H groups in total. The molecule has 6 nitrogen and oxygen atoms in total. The first-order valence-electron chi connectivity index (χ1n) is 6.73. The molecule has 1 aromatic carbocycles. The molecule has 0 bridgehead atoms. The summed E-state index contributed by atoms with van der Waals surface area (Å²) in [5, 5.41) is 8.36. The molecule has 0 aliphatic heterocycles. The van der Waals surface area contributed by atoms with Crippen molar-refractivity contribution >= 4 is 17.7 Å². The van der Waals surface area contributed by atoms with Crippen LogP contribution in [0.3, 0.4) is 0 Å². The number of benzene rings is 1. The standard InChI is InChI=1S/C14H19N5OS/c1-3-18(9-12-7-5-4-6-8-12)13(20)10-21-14-17-16-11(2)19(14)15/h4-8H,3,9-10,15H2,1-2H3. The molecule has 0 aliphatic rings. The number of hydrogen-bond acceptors (Lipinski definition) is 5. The summed E-state index contributed by atoms with van der Waals surface area (Å²) in [6.45, 7) is 5.03. The van der Waals surface area contributed by atoms with Crippen LogP contribution in [-0.2, 0) is 11.3 Å². The van der Waals surface area contributed by atoms with E-state index in [1.807, 2.05) is 42.2 Å². The van der Waals surface area contributed by atoms with Crippen LogP contribution < -0.4 is 5.84 Å². The summed E-state index contributed by atoms with van der Waals surface area (Å²) in [4.78, 5) is 14.1. The second-order valence-corrected chi connectivity index (χ2v) is 5.52. The van der Waals surface area contributed by atoms with Gasteiger partial charge in [-0.15, -0.1) is 10.2 Å². The van der Waals surface area contributed by atoms with Crippen LogP contribution >= 0.6 is 11.8 Å². The van der Waals surface area contributed by atoms with E-state index in [9.17, 15) is 4.79 Å². The van der Waals surface area contributed by atoms with E-state index in [0.29, 0.717) is 29.8 Å². The second-order valence-electron chi connectivity index (χ2n) is 4.58. The number of amides is 1. The van der Waals surface area contributed by atoms with E-state index in [1.54, 1.807) is 6.92 Å². The van der Waals surface area contributed by atoms with E-state index < -0.39 is 0 Å². The lowest BCUT2D eigenvalue weighted by Gasteiger charge is -2.20. The number of carbonyl (C=O) groups is 1. The van der Waals surface area contributed by atoms with Crippen LogP contribution in [0.15, 0.2) is 35.5 Å². The maximum absolute atomic E-state index is 12.3. The second kappa shape index (κ2) is 7.12. The summed E-state index contributed by atoms with van der Waals surface area (Å²) in [7, 11) is 0. The van der Waals surface area contributed by atoms with Crippen LogP contribution in [-0.4, -0.2) is 38.0 Å². The molecule has 0 atom stereocenters. The lowest BCUT2D eigenvalue weighted by atomic mass is 10.2. The molecule has 2 aromatic rings. The third-order valence-corrected chi connectivity index (χ3v) is 4.04. The van der Waals surface area contributed by atoms with Gasteiger partial charge in [-0.25, -0.2) is 4.68 Å². The van der Waals surface area contributed by atoms with Gasteiger partial charge in [0.15, 0.2) is 0 Å². The quantitative estimate of drug-likeness (QED) is 0.645. The van der Waals surface area contributed by atoms with Crippen molar-refractivity contribution in [2.45, 2.75) is 25.5 Å². The SMILES string of the molecule is CCN(Cc1ccccc1)C(=O)CSc1nnc(C)n1N. The first-order chi connectivity index (χ1) is 10.1. The molecule has 21 heavy (non-hydrogen) atoms. The fourth-order valence-electron chi connectivity index (χ4n) is 1.85. The fourth-order valence-corrected chi connectivity index (χ4v) is 2.65. The first kappa shape index (κ1) is 15.4. The monoisotopic (exact) mass is 305 g/mol. The summed E-state index contributed by atoms with van der Waals surface area (Å²) in [6.07, 6.45) is 0. The lowest BCUT2D eigenvalue weighted by Crippen LogP contribution is -2.31. The Morgan fingerprint density at radius 3 is 2.62 bits per heavy atom. The number of hydrogen-bond donors (Lipinski definition) is 1. The molecule has 1 aromatic heterocycles. The predicted octanol–water partition coefficient (Wildman–Crippen LogP) is 1.44. The maximum atomic E-state index is 12.3. The van der Waals surface area contributed by atoms with Crippen molar-refractivity contribution < 1.29 is 4.79 Å². The third kappa shape index (κ3) is 3.98. The molecule has 0 fully saturated rings. The molecule has 7 heteroatoms. The molecule has 0 saturated heterocycles. The molecular weight excluding hydrogens is 286 g/mol. The van der Waals surface area contributed by atoms with E-state index in [1.165, 1.54) is 16.4 Å². The van der Waals surface area contributed by atoms with Crippen LogP contribution in [0.4, 0.5) is 0 Å². The minimum atomic E-state index is 0.0620. The highest BCUT2D eigenvalue weighted by molar-refractivity contribution is 7.99. The lowest BCUT2D eigenvalue weighted by molar-refractivity contribution is -0.128. The summed E-state index contributed by atoms with van der Waals surface area (Å²) in [5.74, 6) is 6.76.